The van der Waals surface area contributed by atoms with E-state index in [2.05, 4.69) is 38.0 Å². The Morgan fingerprint density at radius 3 is 2.28 bits per heavy atom. The summed E-state index contributed by atoms with van der Waals surface area (Å²) in [5.74, 6) is 0. The molecule has 1 rings (SSSR count). The number of hydrogen-bond donors (Lipinski definition) is 1. The van der Waals surface area contributed by atoms with Crippen LogP contribution in [0.15, 0.2) is 0 Å². The number of nitrogens with one attached hydrogen (secondary N) is 1. The highest BCUT2D eigenvalue weighted by molar-refractivity contribution is 4.96. The maximum atomic E-state index is 3.61. The summed E-state index contributed by atoms with van der Waals surface area (Å²) < 4.78 is 0. The van der Waals surface area contributed by atoms with Crippen molar-refractivity contribution in [2.24, 2.45) is 0 Å². The Morgan fingerprint density at radius 2 is 1.78 bits per heavy atom. The largest absolute Gasteiger partial charge is 0.315 e. The molecule has 2 nitrogen and oxygen atoms in total. The third kappa shape index (κ3) is 3.96. The fraction of sp³-hybridized carbons (Fsp3) is 1.00. The second kappa shape index (κ2) is 8.16. The molecule has 0 aromatic rings. The van der Waals surface area contributed by atoms with E-state index in [0.717, 1.165) is 0 Å². The summed E-state index contributed by atoms with van der Waals surface area (Å²) in [6.07, 6.45) is 10.8. The van der Waals surface area contributed by atoms with Crippen LogP contribution < -0.4 is 5.32 Å². The molecule has 2 atom stereocenters. The van der Waals surface area contributed by atoms with Crippen molar-refractivity contribution in [1.29, 1.82) is 0 Å². The minimum absolute atomic E-state index is 0.350. The van der Waals surface area contributed by atoms with Gasteiger partial charge in [-0.3, -0.25) is 4.90 Å². The van der Waals surface area contributed by atoms with Gasteiger partial charge in [-0.25, -0.2) is 0 Å². The molecular formula is C16H34N2. The summed E-state index contributed by atoms with van der Waals surface area (Å²) in [5.41, 5.74) is 0.350. The molecule has 0 aliphatic carbocycles. The van der Waals surface area contributed by atoms with Crippen LogP contribution in [-0.2, 0) is 0 Å². The van der Waals surface area contributed by atoms with Gasteiger partial charge >= 0.3 is 0 Å². The van der Waals surface area contributed by atoms with Gasteiger partial charge in [-0.15, -0.1) is 0 Å². The van der Waals surface area contributed by atoms with E-state index in [-0.39, 0.29) is 0 Å². The molecule has 2 heteroatoms. The van der Waals surface area contributed by atoms with Crippen molar-refractivity contribution < 1.29 is 0 Å². The Balaban J connectivity index is 2.62. The lowest BCUT2D eigenvalue weighted by Crippen LogP contribution is -2.59. The summed E-state index contributed by atoms with van der Waals surface area (Å²) in [6.45, 7) is 9.73. The van der Waals surface area contributed by atoms with E-state index in [1.165, 1.54) is 64.5 Å². The maximum Gasteiger partial charge on any atom is 0.0331 e. The van der Waals surface area contributed by atoms with Crippen LogP contribution in [0.5, 0.6) is 0 Å². The molecule has 0 aromatic heterocycles. The molecule has 0 saturated carbocycles. The molecule has 18 heavy (non-hydrogen) atoms. The number of unbranched alkanes of at least 4 members (excludes halogenated alkanes) is 2. The van der Waals surface area contributed by atoms with Gasteiger partial charge in [0, 0.05) is 11.6 Å². The topological polar surface area (TPSA) is 15.3 Å². The monoisotopic (exact) mass is 254 g/mol. The molecular weight excluding hydrogens is 220 g/mol. The van der Waals surface area contributed by atoms with E-state index in [9.17, 15) is 0 Å². The van der Waals surface area contributed by atoms with E-state index >= 15 is 0 Å². The average Bonchev–Trinajstić information content (AvgIpc) is 2.44. The molecule has 1 heterocycles. The highest BCUT2D eigenvalue weighted by Gasteiger charge is 2.37. The third-order valence-corrected chi connectivity index (χ3v) is 4.99. The fourth-order valence-corrected chi connectivity index (χ4v) is 3.46. The lowest BCUT2D eigenvalue weighted by Gasteiger charge is -2.48. The van der Waals surface area contributed by atoms with Crippen LogP contribution in [0, 0.1) is 0 Å². The molecule has 1 fully saturated rings. The minimum Gasteiger partial charge on any atom is -0.315 e. The Hall–Kier alpha value is -0.0800. The van der Waals surface area contributed by atoms with Gasteiger partial charge < -0.3 is 5.32 Å². The van der Waals surface area contributed by atoms with Gasteiger partial charge in [0.15, 0.2) is 0 Å². The number of likely N-dealkylation sites (N-methyl/N-ethyl adjacent to an activating group) is 1. The summed E-state index contributed by atoms with van der Waals surface area (Å²) >= 11 is 0. The Kier molecular flexibility index (Phi) is 7.25. The predicted molar refractivity (Wildman–Crippen MR) is 81.1 cm³/mol. The van der Waals surface area contributed by atoms with Crippen LogP contribution >= 0.6 is 0 Å². The molecule has 1 N–H and O–H groups in total. The van der Waals surface area contributed by atoms with E-state index in [0.29, 0.717) is 11.6 Å². The molecule has 0 amide bonds. The molecule has 1 saturated heterocycles. The lowest BCUT2D eigenvalue weighted by molar-refractivity contribution is 0.0418. The molecule has 1 aliphatic rings. The molecule has 2 unspecified atom stereocenters. The van der Waals surface area contributed by atoms with E-state index < -0.39 is 0 Å². The van der Waals surface area contributed by atoms with Crippen molar-refractivity contribution in [2.75, 3.05) is 20.1 Å². The van der Waals surface area contributed by atoms with Gasteiger partial charge in [-0.05, 0) is 52.7 Å². The van der Waals surface area contributed by atoms with Crippen molar-refractivity contribution in [3.8, 4) is 0 Å². The zero-order chi connectivity index (χ0) is 13.4. The zero-order valence-electron chi connectivity index (χ0n) is 13.1. The van der Waals surface area contributed by atoms with Crippen molar-refractivity contribution >= 4 is 0 Å². The van der Waals surface area contributed by atoms with Crippen molar-refractivity contribution in [3.63, 3.8) is 0 Å². The number of rotatable bonds is 8. The first-order valence-corrected chi connectivity index (χ1v) is 8.11. The lowest BCUT2D eigenvalue weighted by atomic mass is 9.83. The van der Waals surface area contributed by atoms with E-state index in [1.807, 2.05) is 0 Å². The average molecular weight is 254 g/mol. The minimum atomic E-state index is 0.350. The molecule has 1 aliphatic heterocycles. The second-order valence-corrected chi connectivity index (χ2v) is 6.10. The summed E-state index contributed by atoms with van der Waals surface area (Å²) in [4.78, 5) is 2.75. The van der Waals surface area contributed by atoms with Gasteiger partial charge in [0.25, 0.3) is 0 Å². The van der Waals surface area contributed by atoms with Crippen LogP contribution in [0.25, 0.3) is 0 Å². The van der Waals surface area contributed by atoms with Crippen LogP contribution in [-0.4, -0.2) is 36.6 Å². The Labute approximate surface area is 115 Å². The predicted octanol–water partition coefficient (Wildman–Crippen LogP) is 3.81. The second-order valence-electron chi connectivity index (χ2n) is 6.10. The fourth-order valence-electron chi connectivity index (χ4n) is 3.46. The van der Waals surface area contributed by atoms with Gasteiger partial charge in [0.2, 0.25) is 0 Å². The quantitative estimate of drug-likeness (QED) is 0.663. The third-order valence-electron chi connectivity index (χ3n) is 4.99. The number of hydrogen-bond acceptors (Lipinski definition) is 2. The SMILES string of the molecule is CCCCCC(NC)C(C)(CC)N1CCCCC1. The molecule has 0 radical (unpaired) electrons. The first-order chi connectivity index (χ1) is 8.69. The highest BCUT2D eigenvalue weighted by Crippen LogP contribution is 2.29. The number of likely N-dealkylation sites (tertiary alicyclic amines) is 1. The zero-order valence-corrected chi connectivity index (χ0v) is 13.1. The van der Waals surface area contributed by atoms with Crippen LogP contribution in [0.2, 0.25) is 0 Å². The molecule has 0 bridgehead atoms. The van der Waals surface area contributed by atoms with Crippen molar-refractivity contribution in [1.82, 2.24) is 10.2 Å². The van der Waals surface area contributed by atoms with Crippen molar-refractivity contribution in [2.45, 2.75) is 83.7 Å². The summed E-state index contributed by atoms with van der Waals surface area (Å²) in [7, 11) is 2.15. The standard InChI is InChI=1S/C16H34N2/c1-5-7-9-12-15(17-4)16(3,6-2)18-13-10-8-11-14-18/h15,17H,5-14H2,1-4H3. The highest BCUT2D eigenvalue weighted by atomic mass is 15.2. The first kappa shape index (κ1) is 16.0. The van der Waals surface area contributed by atoms with Gasteiger partial charge in [-0.1, -0.05) is 39.5 Å². The first-order valence-electron chi connectivity index (χ1n) is 8.11. The number of nitrogens with zero attached hydrogens (tertiary/aromatic N) is 1. The van der Waals surface area contributed by atoms with Gasteiger partial charge in [0.1, 0.15) is 0 Å². The molecule has 108 valence electrons. The van der Waals surface area contributed by atoms with Gasteiger partial charge in [-0.2, -0.15) is 0 Å². The Bertz CT molecular complexity index is 211. The summed E-state index contributed by atoms with van der Waals surface area (Å²) in [5, 5.41) is 3.61. The Morgan fingerprint density at radius 1 is 1.11 bits per heavy atom. The normalized spacial score (nSPS) is 22.7. The number of piperidine rings is 1. The van der Waals surface area contributed by atoms with Crippen LogP contribution in [0.3, 0.4) is 0 Å². The smallest absolute Gasteiger partial charge is 0.0331 e. The van der Waals surface area contributed by atoms with E-state index in [1.54, 1.807) is 0 Å². The summed E-state index contributed by atoms with van der Waals surface area (Å²) in [6, 6.07) is 0.646. The molecule has 0 spiro atoms. The van der Waals surface area contributed by atoms with Crippen LogP contribution in [0.4, 0.5) is 0 Å². The van der Waals surface area contributed by atoms with Crippen molar-refractivity contribution in [3.05, 3.63) is 0 Å². The van der Waals surface area contributed by atoms with Gasteiger partial charge in [0.05, 0.1) is 0 Å². The van der Waals surface area contributed by atoms with E-state index in [4.69, 9.17) is 0 Å². The molecule has 0 aromatic carbocycles. The maximum absolute atomic E-state index is 3.61. The van der Waals surface area contributed by atoms with Crippen LogP contribution in [0.1, 0.15) is 72.1 Å².